The zero-order valence-electron chi connectivity index (χ0n) is 8.80. The fraction of sp³-hybridized carbons (Fsp3) is 0.0833. The summed E-state index contributed by atoms with van der Waals surface area (Å²) in [5.41, 5.74) is 1.67. The Hall–Kier alpha value is -1.94. The molecule has 0 saturated carbocycles. The summed E-state index contributed by atoms with van der Waals surface area (Å²) in [6, 6.07) is 9.71. The largest absolute Gasteiger partial charge is 0.334 e. The number of rotatable bonds is 2. The van der Waals surface area contributed by atoms with Crippen molar-refractivity contribution in [3.8, 4) is 11.5 Å². The van der Waals surface area contributed by atoms with Crippen molar-refractivity contribution in [2.45, 2.75) is 5.88 Å². The van der Waals surface area contributed by atoms with Crippen LogP contribution in [0.15, 0.2) is 41.1 Å². The third kappa shape index (κ3) is 1.76. The molecule has 3 aromatic rings. The van der Waals surface area contributed by atoms with E-state index in [-0.39, 0.29) is 5.88 Å². The van der Waals surface area contributed by atoms with Crippen LogP contribution in [0.3, 0.4) is 0 Å². The number of aromatic nitrogens is 3. The molecule has 4 nitrogen and oxygen atoms in total. The predicted molar refractivity (Wildman–Crippen MR) is 64.6 cm³/mol. The monoisotopic (exact) mass is 245 g/mol. The Morgan fingerprint density at radius 2 is 2.06 bits per heavy atom. The summed E-state index contributed by atoms with van der Waals surface area (Å²) in [6.45, 7) is 0. The van der Waals surface area contributed by atoms with Gasteiger partial charge in [0.15, 0.2) is 5.82 Å². The Bertz CT molecular complexity index is 660. The van der Waals surface area contributed by atoms with Gasteiger partial charge in [0.1, 0.15) is 0 Å². The van der Waals surface area contributed by atoms with Crippen molar-refractivity contribution in [2.24, 2.45) is 0 Å². The van der Waals surface area contributed by atoms with Gasteiger partial charge in [-0.2, -0.15) is 4.98 Å². The Morgan fingerprint density at radius 1 is 1.18 bits per heavy atom. The highest BCUT2D eigenvalue weighted by molar-refractivity contribution is 6.16. The molecule has 17 heavy (non-hydrogen) atoms. The molecule has 0 radical (unpaired) electrons. The molecule has 0 aliphatic carbocycles. The van der Waals surface area contributed by atoms with E-state index < -0.39 is 0 Å². The van der Waals surface area contributed by atoms with Crippen molar-refractivity contribution in [1.29, 1.82) is 0 Å². The van der Waals surface area contributed by atoms with Crippen molar-refractivity contribution < 1.29 is 4.52 Å². The molecular weight excluding hydrogens is 238 g/mol. The minimum Gasteiger partial charge on any atom is -0.334 e. The minimum absolute atomic E-state index is 0.238. The zero-order chi connectivity index (χ0) is 11.7. The van der Waals surface area contributed by atoms with Crippen molar-refractivity contribution >= 4 is 22.5 Å². The van der Waals surface area contributed by atoms with Gasteiger partial charge >= 0.3 is 0 Å². The Labute approximate surface area is 102 Å². The van der Waals surface area contributed by atoms with Crippen LogP contribution in [0.25, 0.3) is 22.4 Å². The van der Waals surface area contributed by atoms with Gasteiger partial charge in [0.05, 0.1) is 17.0 Å². The van der Waals surface area contributed by atoms with E-state index >= 15 is 0 Å². The highest BCUT2D eigenvalue weighted by atomic mass is 35.5. The zero-order valence-corrected chi connectivity index (χ0v) is 9.55. The highest BCUT2D eigenvalue weighted by Gasteiger charge is 2.11. The Morgan fingerprint density at radius 3 is 2.88 bits per heavy atom. The number of hydrogen-bond acceptors (Lipinski definition) is 4. The number of fused-ring (bicyclic) bond motifs is 1. The van der Waals surface area contributed by atoms with Crippen LogP contribution in [0.2, 0.25) is 0 Å². The number of nitrogens with zero attached hydrogens (tertiary/aromatic N) is 3. The molecule has 2 heterocycles. The summed E-state index contributed by atoms with van der Waals surface area (Å²) >= 11 is 5.65. The van der Waals surface area contributed by atoms with E-state index in [1.54, 1.807) is 6.20 Å². The average Bonchev–Trinajstić information content (AvgIpc) is 2.87. The van der Waals surface area contributed by atoms with Crippen LogP contribution < -0.4 is 0 Å². The number of alkyl halides is 1. The quantitative estimate of drug-likeness (QED) is 0.651. The number of pyridine rings is 1. The molecule has 0 aliphatic heterocycles. The molecular formula is C12H8ClN3O. The van der Waals surface area contributed by atoms with Crippen molar-refractivity contribution in [3.05, 3.63) is 42.4 Å². The molecule has 0 N–H and O–H groups in total. The summed E-state index contributed by atoms with van der Waals surface area (Å²) in [6.07, 6.45) is 1.74. The van der Waals surface area contributed by atoms with Crippen molar-refractivity contribution in [3.63, 3.8) is 0 Å². The number of benzene rings is 1. The Balaban J connectivity index is 2.23. The van der Waals surface area contributed by atoms with Crippen LogP contribution in [0.1, 0.15) is 5.82 Å². The second-order valence-electron chi connectivity index (χ2n) is 3.53. The smallest absolute Gasteiger partial charge is 0.260 e. The summed E-state index contributed by atoms with van der Waals surface area (Å²) in [4.78, 5) is 8.53. The van der Waals surface area contributed by atoms with Gasteiger partial charge in [0, 0.05) is 11.6 Å². The maximum atomic E-state index is 5.65. The molecule has 2 aromatic heterocycles. The molecule has 84 valence electrons. The van der Waals surface area contributed by atoms with E-state index in [9.17, 15) is 0 Å². The lowest BCUT2D eigenvalue weighted by molar-refractivity contribution is 0.425. The molecule has 0 atom stereocenters. The lowest BCUT2D eigenvalue weighted by Crippen LogP contribution is -1.85. The third-order valence-corrected chi connectivity index (χ3v) is 2.69. The van der Waals surface area contributed by atoms with E-state index in [0.29, 0.717) is 11.7 Å². The summed E-state index contributed by atoms with van der Waals surface area (Å²) in [7, 11) is 0. The molecule has 0 unspecified atom stereocenters. The number of para-hydroxylation sites is 1. The molecule has 0 bridgehead atoms. The SMILES string of the molecule is ClCc1noc(-c2cccc3cccnc23)n1. The van der Waals surface area contributed by atoms with Crippen molar-refractivity contribution in [1.82, 2.24) is 15.1 Å². The molecule has 5 heteroatoms. The van der Waals surface area contributed by atoms with E-state index in [1.807, 2.05) is 30.3 Å². The molecule has 3 rings (SSSR count). The summed E-state index contributed by atoms with van der Waals surface area (Å²) < 4.78 is 5.16. The van der Waals surface area contributed by atoms with E-state index in [0.717, 1.165) is 16.5 Å². The summed E-state index contributed by atoms with van der Waals surface area (Å²) in [5.74, 6) is 1.17. The standard InChI is InChI=1S/C12H8ClN3O/c13-7-10-15-12(17-16-10)9-5-1-3-8-4-2-6-14-11(8)9/h1-6H,7H2. The van der Waals surface area contributed by atoms with Crippen LogP contribution in [0.4, 0.5) is 0 Å². The second-order valence-corrected chi connectivity index (χ2v) is 3.80. The lowest BCUT2D eigenvalue weighted by atomic mass is 10.1. The molecule has 0 spiro atoms. The maximum Gasteiger partial charge on any atom is 0.260 e. The Kier molecular flexibility index (Phi) is 2.49. The topological polar surface area (TPSA) is 51.8 Å². The van der Waals surface area contributed by atoms with Crippen LogP contribution in [-0.2, 0) is 5.88 Å². The normalized spacial score (nSPS) is 10.9. The first kappa shape index (κ1) is 10.2. The fourth-order valence-electron chi connectivity index (χ4n) is 1.69. The van der Waals surface area contributed by atoms with Gasteiger partial charge in [0.2, 0.25) is 0 Å². The van der Waals surface area contributed by atoms with Gasteiger partial charge < -0.3 is 4.52 Å². The lowest BCUT2D eigenvalue weighted by Gasteiger charge is -2.00. The summed E-state index contributed by atoms with van der Waals surface area (Å²) in [5, 5.41) is 4.81. The van der Waals surface area contributed by atoms with Crippen LogP contribution >= 0.6 is 11.6 Å². The van der Waals surface area contributed by atoms with E-state index in [4.69, 9.17) is 16.1 Å². The number of halogens is 1. The molecule has 1 aromatic carbocycles. The molecule has 0 fully saturated rings. The fourth-order valence-corrected chi connectivity index (χ4v) is 1.80. The second kappa shape index (κ2) is 4.14. The van der Waals surface area contributed by atoms with Gasteiger partial charge in [-0.15, -0.1) is 11.6 Å². The van der Waals surface area contributed by atoms with E-state index in [1.165, 1.54) is 0 Å². The van der Waals surface area contributed by atoms with Crippen LogP contribution in [-0.4, -0.2) is 15.1 Å². The molecule has 0 aliphatic rings. The third-order valence-electron chi connectivity index (χ3n) is 2.45. The first-order valence-electron chi connectivity index (χ1n) is 5.11. The highest BCUT2D eigenvalue weighted by Crippen LogP contribution is 2.25. The van der Waals surface area contributed by atoms with Gasteiger partial charge in [-0.1, -0.05) is 23.4 Å². The average molecular weight is 246 g/mol. The minimum atomic E-state index is 0.238. The van der Waals surface area contributed by atoms with E-state index in [2.05, 4.69) is 15.1 Å². The van der Waals surface area contributed by atoms with Gasteiger partial charge in [-0.25, -0.2) is 0 Å². The predicted octanol–water partition coefficient (Wildman–Crippen LogP) is 3.02. The molecule has 0 saturated heterocycles. The van der Waals surface area contributed by atoms with Gasteiger partial charge in [0.25, 0.3) is 5.89 Å². The first-order valence-corrected chi connectivity index (χ1v) is 5.64. The first-order chi connectivity index (χ1) is 8.38. The van der Waals surface area contributed by atoms with Crippen LogP contribution in [0, 0.1) is 0 Å². The molecule has 0 amide bonds. The van der Waals surface area contributed by atoms with Gasteiger partial charge in [-0.05, 0) is 12.1 Å². The number of hydrogen-bond donors (Lipinski definition) is 0. The maximum absolute atomic E-state index is 5.65. The van der Waals surface area contributed by atoms with Gasteiger partial charge in [-0.3, -0.25) is 4.98 Å². The van der Waals surface area contributed by atoms with Crippen molar-refractivity contribution in [2.75, 3.05) is 0 Å². The van der Waals surface area contributed by atoms with Crippen LogP contribution in [0.5, 0.6) is 0 Å².